The van der Waals surface area contributed by atoms with E-state index in [1.165, 1.54) is 16.1 Å². The molecular formula is C29H30F3N5O2. The molecule has 3 aromatic rings. The van der Waals surface area contributed by atoms with Crippen molar-refractivity contribution in [1.29, 1.82) is 0 Å². The first-order valence-corrected chi connectivity index (χ1v) is 12.8. The molecule has 0 bridgehead atoms. The predicted molar refractivity (Wildman–Crippen MR) is 140 cm³/mol. The zero-order valence-electron chi connectivity index (χ0n) is 21.6. The molecule has 39 heavy (non-hydrogen) atoms. The monoisotopic (exact) mass is 537 g/mol. The fraction of sp³-hybridized carbons (Fsp3) is 0.345. The lowest BCUT2D eigenvalue weighted by atomic mass is 9.89. The minimum atomic E-state index is -1.33. The third kappa shape index (κ3) is 5.26. The Kier molecular flexibility index (Phi) is 7.67. The van der Waals surface area contributed by atoms with Crippen LogP contribution < -0.4 is 0 Å². The molecule has 7 nitrogen and oxygen atoms in total. The van der Waals surface area contributed by atoms with Crippen molar-refractivity contribution >= 4 is 11.6 Å². The van der Waals surface area contributed by atoms with E-state index in [0.29, 0.717) is 30.6 Å². The molecule has 2 aromatic carbocycles. The summed E-state index contributed by atoms with van der Waals surface area (Å²) in [5.41, 5.74) is 0.536. The molecule has 204 valence electrons. The third-order valence-corrected chi connectivity index (χ3v) is 7.65. The number of benzene rings is 2. The number of aliphatic hydroxyl groups excluding tert-OH is 1. The standard InChI is InChI=1S/C29H30F3N5O2/c1-35(27-9-10-36(17-26(27)32)15-20-13-33-19-34-14-20)28(39)37-16-21(24-11-23(30)7-8-25(24)31)12-29(37,18-38)22-5-3-2-4-6-22/h2-8,11-14,19,26-27,38H,9-10,15-18H2,1H3/t26?,27?,29-/m1/s1. The van der Waals surface area contributed by atoms with Gasteiger partial charge in [0.25, 0.3) is 0 Å². The second-order valence-corrected chi connectivity index (χ2v) is 10.1. The lowest BCUT2D eigenvalue weighted by molar-refractivity contribution is 0.0334. The zero-order valence-corrected chi connectivity index (χ0v) is 21.6. The molecule has 3 atom stereocenters. The van der Waals surface area contributed by atoms with Gasteiger partial charge in [-0.2, -0.15) is 0 Å². The molecule has 0 aliphatic carbocycles. The molecule has 2 aliphatic heterocycles. The van der Waals surface area contributed by atoms with Crippen LogP contribution in [0.1, 0.15) is 23.1 Å². The number of urea groups is 1. The van der Waals surface area contributed by atoms with Gasteiger partial charge in [-0.25, -0.2) is 27.9 Å². The van der Waals surface area contributed by atoms with Gasteiger partial charge in [-0.3, -0.25) is 4.90 Å². The molecule has 1 aromatic heterocycles. The smallest absolute Gasteiger partial charge is 0.321 e. The van der Waals surface area contributed by atoms with Crippen LogP contribution in [0.4, 0.5) is 18.0 Å². The number of amides is 2. The Bertz CT molecular complexity index is 1340. The number of carbonyl (C=O) groups is 1. The van der Waals surface area contributed by atoms with Gasteiger partial charge in [0.2, 0.25) is 0 Å². The van der Waals surface area contributed by atoms with E-state index in [1.54, 1.807) is 49.8 Å². The van der Waals surface area contributed by atoms with Gasteiger partial charge >= 0.3 is 6.03 Å². The van der Waals surface area contributed by atoms with Crippen molar-refractivity contribution in [2.75, 3.05) is 33.3 Å². The summed E-state index contributed by atoms with van der Waals surface area (Å²) in [4.78, 5) is 26.7. The van der Waals surface area contributed by atoms with Gasteiger partial charge in [0.15, 0.2) is 0 Å². The zero-order chi connectivity index (χ0) is 27.6. The fourth-order valence-corrected chi connectivity index (χ4v) is 5.59. The quantitative estimate of drug-likeness (QED) is 0.515. The number of aliphatic hydroxyl groups is 1. The van der Waals surface area contributed by atoms with Gasteiger partial charge in [0.05, 0.1) is 12.6 Å². The first-order valence-electron chi connectivity index (χ1n) is 12.8. The number of rotatable bonds is 6. The number of piperidine rings is 1. The van der Waals surface area contributed by atoms with E-state index in [9.17, 15) is 18.7 Å². The van der Waals surface area contributed by atoms with Gasteiger partial charge in [0.1, 0.15) is 29.7 Å². The van der Waals surface area contributed by atoms with Crippen molar-refractivity contribution in [3.63, 3.8) is 0 Å². The van der Waals surface area contributed by atoms with E-state index in [4.69, 9.17) is 0 Å². The van der Waals surface area contributed by atoms with Crippen LogP contribution in [0.5, 0.6) is 0 Å². The topological polar surface area (TPSA) is 72.8 Å². The van der Waals surface area contributed by atoms with Crippen LogP contribution in [0.2, 0.25) is 0 Å². The normalized spacial score (nSPS) is 23.5. The highest BCUT2D eigenvalue weighted by atomic mass is 19.1. The Morgan fingerprint density at radius 3 is 2.59 bits per heavy atom. The molecule has 0 spiro atoms. The molecule has 2 unspecified atom stereocenters. The van der Waals surface area contributed by atoms with Crippen LogP contribution in [0.25, 0.3) is 5.57 Å². The van der Waals surface area contributed by atoms with E-state index >= 15 is 4.39 Å². The highest BCUT2D eigenvalue weighted by Crippen LogP contribution is 2.41. The maximum absolute atomic E-state index is 15.5. The maximum atomic E-state index is 15.5. The summed E-state index contributed by atoms with van der Waals surface area (Å²) < 4.78 is 44.3. The predicted octanol–water partition coefficient (Wildman–Crippen LogP) is 4.01. The molecule has 1 N–H and O–H groups in total. The number of hydrogen-bond acceptors (Lipinski definition) is 5. The first kappa shape index (κ1) is 26.8. The molecule has 1 fully saturated rings. The Hall–Kier alpha value is -3.76. The molecule has 0 radical (unpaired) electrons. The number of halogens is 3. The van der Waals surface area contributed by atoms with Crippen LogP contribution in [-0.2, 0) is 12.1 Å². The number of aromatic nitrogens is 2. The summed E-state index contributed by atoms with van der Waals surface area (Å²) >= 11 is 0. The largest absolute Gasteiger partial charge is 0.393 e. The van der Waals surface area contributed by atoms with E-state index < -0.39 is 42.0 Å². The van der Waals surface area contributed by atoms with Crippen LogP contribution in [-0.4, -0.2) is 81.3 Å². The molecule has 2 amide bonds. The van der Waals surface area contributed by atoms with E-state index in [1.807, 2.05) is 11.0 Å². The van der Waals surface area contributed by atoms with Gasteiger partial charge in [0, 0.05) is 56.7 Å². The van der Waals surface area contributed by atoms with Crippen LogP contribution in [0.3, 0.4) is 0 Å². The number of likely N-dealkylation sites (tertiary alicyclic amines) is 1. The summed E-state index contributed by atoms with van der Waals surface area (Å²) in [6.07, 6.45) is 5.54. The fourth-order valence-electron chi connectivity index (χ4n) is 5.59. The summed E-state index contributed by atoms with van der Waals surface area (Å²) in [7, 11) is 1.55. The lowest BCUT2D eigenvalue weighted by Gasteiger charge is -2.44. The first-order chi connectivity index (χ1) is 18.8. The van der Waals surface area contributed by atoms with E-state index in [0.717, 1.165) is 23.8 Å². The van der Waals surface area contributed by atoms with Crippen LogP contribution in [0.15, 0.2) is 73.3 Å². The number of carbonyl (C=O) groups excluding carboxylic acids is 1. The lowest BCUT2D eigenvalue weighted by Crippen LogP contribution is -2.58. The molecule has 5 rings (SSSR count). The minimum absolute atomic E-state index is 0.0169. The third-order valence-electron chi connectivity index (χ3n) is 7.65. The van der Waals surface area contributed by atoms with Crippen molar-refractivity contribution in [2.45, 2.75) is 30.7 Å². The summed E-state index contributed by atoms with van der Waals surface area (Å²) in [6, 6.07) is 10.8. The van der Waals surface area contributed by atoms with Crippen molar-refractivity contribution < 1.29 is 23.1 Å². The highest BCUT2D eigenvalue weighted by Gasteiger charge is 2.47. The Morgan fingerprint density at radius 2 is 1.90 bits per heavy atom. The Morgan fingerprint density at radius 1 is 1.15 bits per heavy atom. The van der Waals surface area contributed by atoms with Gasteiger partial charge in [-0.1, -0.05) is 30.3 Å². The Labute approximate surface area is 225 Å². The molecule has 2 aliphatic rings. The van der Waals surface area contributed by atoms with Crippen molar-refractivity contribution in [3.8, 4) is 0 Å². The van der Waals surface area contributed by atoms with Crippen LogP contribution >= 0.6 is 0 Å². The molecular weight excluding hydrogens is 507 g/mol. The molecule has 1 saturated heterocycles. The summed E-state index contributed by atoms with van der Waals surface area (Å²) in [5.74, 6) is -1.25. The van der Waals surface area contributed by atoms with Crippen molar-refractivity contribution in [1.82, 2.24) is 24.7 Å². The maximum Gasteiger partial charge on any atom is 0.321 e. The molecule has 3 heterocycles. The molecule has 0 saturated carbocycles. The van der Waals surface area contributed by atoms with Gasteiger partial charge in [-0.15, -0.1) is 0 Å². The van der Waals surface area contributed by atoms with E-state index in [2.05, 4.69) is 9.97 Å². The number of alkyl halides is 1. The SMILES string of the molecule is CN(C(=O)N1CC(c2cc(F)ccc2F)=C[C@@]1(CO)c1ccccc1)C1CCN(Cc2cncnc2)CC1F. The highest BCUT2D eigenvalue weighted by molar-refractivity contribution is 5.83. The van der Waals surface area contributed by atoms with Crippen LogP contribution in [0, 0.1) is 11.6 Å². The van der Waals surface area contributed by atoms with Crippen molar-refractivity contribution in [3.05, 3.63) is 102 Å². The average Bonchev–Trinajstić information content (AvgIpc) is 3.35. The second kappa shape index (κ2) is 11.2. The summed E-state index contributed by atoms with van der Waals surface area (Å²) in [6.45, 7) is 0.640. The Balaban J connectivity index is 1.40. The second-order valence-electron chi connectivity index (χ2n) is 10.1. The molecule has 10 heteroatoms. The van der Waals surface area contributed by atoms with E-state index in [-0.39, 0.29) is 18.7 Å². The minimum Gasteiger partial charge on any atom is -0.393 e. The van der Waals surface area contributed by atoms with Gasteiger partial charge in [-0.05, 0) is 41.8 Å². The average molecular weight is 538 g/mol. The summed E-state index contributed by atoms with van der Waals surface area (Å²) in [5, 5.41) is 10.7. The number of nitrogens with zero attached hydrogens (tertiary/aromatic N) is 5. The van der Waals surface area contributed by atoms with Crippen molar-refractivity contribution in [2.24, 2.45) is 0 Å². The van der Waals surface area contributed by atoms with Gasteiger partial charge < -0.3 is 14.9 Å². The number of hydrogen-bond donors (Lipinski definition) is 1.